The van der Waals surface area contributed by atoms with Gasteiger partial charge in [0.25, 0.3) is 0 Å². The third kappa shape index (κ3) is 8.06. The number of carbonyl (C=O) groups excluding carboxylic acids is 1. The van der Waals surface area contributed by atoms with E-state index in [0.717, 1.165) is 17.1 Å². The van der Waals surface area contributed by atoms with Crippen LogP contribution in [0.1, 0.15) is 0 Å². The average molecular weight is 602 g/mol. The van der Waals surface area contributed by atoms with Crippen LogP contribution in [-0.2, 0) is 0 Å². The van der Waals surface area contributed by atoms with Crippen LogP contribution in [0, 0.1) is 0 Å². The monoisotopic (exact) mass is 601 g/mol. The molecule has 0 bridgehead atoms. The van der Waals surface area contributed by atoms with E-state index in [2.05, 4.69) is 30.7 Å². The number of nitrogens with zero attached hydrogens (tertiary/aromatic N) is 7. The van der Waals surface area contributed by atoms with Gasteiger partial charge in [0, 0.05) is 0 Å². The summed E-state index contributed by atoms with van der Waals surface area (Å²) in [6.45, 7) is 0. The van der Waals surface area contributed by atoms with Gasteiger partial charge in [0.1, 0.15) is 5.75 Å². The van der Waals surface area contributed by atoms with Crippen LogP contribution in [-0.4, -0.2) is 6.09 Å². The summed E-state index contributed by atoms with van der Waals surface area (Å²) in [6.07, 6.45) is -0.601. The maximum atomic E-state index is 13.7. The Bertz CT molecular complexity index is 1850. The fourth-order valence-electron chi connectivity index (χ4n) is 4.25. The highest BCUT2D eigenvalue weighted by Crippen LogP contribution is 2.32. The molecule has 0 unspecified atom stereocenters. The van der Waals surface area contributed by atoms with E-state index in [0.29, 0.717) is 34.2 Å². The van der Waals surface area contributed by atoms with Crippen molar-refractivity contribution in [2.75, 3.05) is 4.90 Å². The molecule has 0 heterocycles. The summed E-state index contributed by atoms with van der Waals surface area (Å²) in [5.74, 6) is 0.357. The van der Waals surface area contributed by atoms with E-state index in [4.69, 9.17) is 4.74 Å². The van der Waals surface area contributed by atoms with Crippen LogP contribution in [0.3, 0.4) is 0 Å². The van der Waals surface area contributed by atoms with Crippen LogP contribution in [0.2, 0.25) is 0 Å². The molecule has 6 aromatic rings. The van der Waals surface area contributed by atoms with E-state index in [9.17, 15) is 4.79 Å². The second-order valence-electron chi connectivity index (χ2n) is 9.84. The highest BCUT2D eigenvalue weighted by molar-refractivity contribution is 5.97. The fraction of sp³-hybridized carbons (Fsp3) is 0. The molecule has 0 aliphatic rings. The molecule has 0 aliphatic heterocycles. The van der Waals surface area contributed by atoms with Gasteiger partial charge in [0.2, 0.25) is 0 Å². The topological polar surface area (TPSA) is 104 Å². The first-order valence-corrected chi connectivity index (χ1v) is 14.4. The van der Waals surface area contributed by atoms with Gasteiger partial charge in [-0.2, -0.15) is 30.7 Å². The number of benzene rings is 6. The number of carbonyl (C=O) groups is 1. The largest absolute Gasteiger partial charge is 0.424 e. The minimum absolute atomic E-state index is 0.357. The van der Waals surface area contributed by atoms with Crippen molar-refractivity contribution in [2.45, 2.75) is 0 Å². The Hall–Kier alpha value is -6.61. The molecule has 0 saturated carbocycles. The van der Waals surface area contributed by atoms with E-state index in [1.54, 1.807) is 72.8 Å². The Morgan fingerprint density at radius 3 is 0.978 bits per heavy atom. The zero-order valence-electron chi connectivity index (χ0n) is 24.5. The lowest BCUT2D eigenvalue weighted by atomic mass is 10.2. The second kappa shape index (κ2) is 14.7. The summed E-state index contributed by atoms with van der Waals surface area (Å²) in [5.41, 5.74) is 5.29. The van der Waals surface area contributed by atoms with Crippen molar-refractivity contribution in [2.24, 2.45) is 30.7 Å². The summed E-state index contributed by atoms with van der Waals surface area (Å²) in [6, 6.07) is 49.5. The number of anilines is 2. The molecule has 46 heavy (non-hydrogen) atoms. The second-order valence-corrected chi connectivity index (χ2v) is 9.84. The Morgan fingerprint density at radius 1 is 0.370 bits per heavy atom. The van der Waals surface area contributed by atoms with E-state index in [-0.39, 0.29) is 0 Å². The first-order valence-electron chi connectivity index (χ1n) is 14.4. The highest BCUT2D eigenvalue weighted by atomic mass is 16.6. The summed E-state index contributed by atoms with van der Waals surface area (Å²) in [7, 11) is 0. The molecular weight excluding hydrogens is 574 g/mol. The van der Waals surface area contributed by atoms with Crippen LogP contribution in [0.15, 0.2) is 194 Å². The number of azo groups is 3. The third-order valence-corrected chi connectivity index (χ3v) is 6.55. The number of hydrogen-bond acceptors (Lipinski definition) is 8. The zero-order valence-corrected chi connectivity index (χ0v) is 24.5. The summed E-state index contributed by atoms with van der Waals surface area (Å²) >= 11 is 0. The normalized spacial score (nSPS) is 11.3. The van der Waals surface area contributed by atoms with Crippen molar-refractivity contribution in [3.63, 3.8) is 0 Å². The van der Waals surface area contributed by atoms with Gasteiger partial charge >= 0.3 is 6.09 Å². The van der Waals surface area contributed by atoms with Crippen molar-refractivity contribution in [3.8, 4) is 5.75 Å². The molecule has 1 amide bonds. The fourth-order valence-corrected chi connectivity index (χ4v) is 4.25. The Morgan fingerprint density at radius 2 is 0.652 bits per heavy atom. The lowest BCUT2D eigenvalue weighted by molar-refractivity contribution is 0.210. The minimum Gasteiger partial charge on any atom is -0.410 e. The van der Waals surface area contributed by atoms with Gasteiger partial charge in [0.15, 0.2) is 0 Å². The molecule has 9 nitrogen and oxygen atoms in total. The third-order valence-electron chi connectivity index (χ3n) is 6.55. The molecule has 9 heteroatoms. The molecule has 0 saturated heterocycles. The molecule has 0 atom stereocenters. The molecule has 0 radical (unpaired) electrons. The van der Waals surface area contributed by atoms with Gasteiger partial charge in [-0.1, -0.05) is 54.6 Å². The maximum Gasteiger partial charge on any atom is 0.424 e. The van der Waals surface area contributed by atoms with Crippen LogP contribution in [0.4, 0.5) is 50.3 Å². The summed E-state index contributed by atoms with van der Waals surface area (Å²) < 4.78 is 5.81. The highest BCUT2D eigenvalue weighted by Gasteiger charge is 2.21. The van der Waals surface area contributed by atoms with Crippen molar-refractivity contribution in [3.05, 3.63) is 164 Å². The van der Waals surface area contributed by atoms with Gasteiger partial charge in [-0.05, 0) is 109 Å². The first kappa shape index (κ1) is 29.5. The standard InChI is InChI=1S/C37H27N7O2/c45-37(46-36-26-20-33(21-27-36)43-40-30-14-8-3-9-15-30)44(34-22-16-31(17-23-34)41-38-28-10-4-1-5-11-28)35-24-18-32(19-25-35)42-39-29-12-6-2-7-13-29/h1-27H/b41-38+,42-39+,43-40+. The van der Waals surface area contributed by atoms with Crippen molar-refractivity contribution in [1.29, 1.82) is 0 Å². The molecule has 0 fully saturated rings. The minimum atomic E-state index is -0.601. The smallest absolute Gasteiger partial charge is 0.410 e. The van der Waals surface area contributed by atoms with Crippen LogP contribution in [0.25, 0.3) is 0 Å². The van der Waals surface area contributed by atoms with Gasteiger partial charge in [-0.15, -0.1) is 0 Å². The van der Waals surface area contributed by atoms with E-state index in [1.165, 1.54) is 4.90 Å². The predicted molar refractivity (Wildman–Crippen MR) is 179 cm³/mol. The van der Waals surface area contributed by atoms with Crippen LogP contribution >= 0.6 is 0 Å². The number of hydrogen-bond donors (Lipinski definition) is 0. The Kier molecular flexibility index (Phi) is 9.43. The van der Waals surface area contributed by atoms with Gasteiger partial charge < -0.3 is 4.74 Å². The number of rotatable bonds is 9. The molecule has 0 N–H and O–H groups in total. The van der Waals surface area contributed by atoms with Crippen molar-refractivity contribution >= 4 is 51.6 Å². The molecule has 0 aliphatic carbocycles. The SMILES string of the molecule is O=C(Oc1ccc(/N=N/c2ccccc2)cc1)N(c1ccc(/N=N/c2ccccc2)cc1)c1ccc(/N=N/c2ccccc2)cc1. The van der Waals surface area contributed by atoms with E-state index in [1.807, 2.05) is 91.0 Å². The van der Waals surface area contributed by atoms with Crippen molar-refractivity contribution < 1.29 is 9.53 Å². The number of amides is 1. The summed E-state index contributed by atoms with van der Waals surface area (Å²) in [4.78, 5) is 15.1. The Balaban J connectivity index is 1.22. The maximum absolute atomic E-state index is 13.7. The van der Waals surface area contributed by atoms with Crippen molar-refractivity contribution in [1.82, 2.24) is 0 Å². The number of ether oxygens (including phenoxy) is 1. The lowest BCUT2D eigenvalue weighted by Gasteiger charge is -2.22. The quantitative estimate of drug-likeness (QED) is 0.154. The molecule has 0 aromatic heterocycles. The zero-order chi connectivity index (χ0) is 31.4. The predicted octanol–water partition coefficient (Wildman–Crippen LogP) is 12.3. The Labute approximate surface area is 265 Å². The van der Waals surface area contributed by atoms with Crippen LogP contribution < -0.4 is 9.64 Å². The molecule has 6 rings (SSSR count). The van der Waals surface area contributed by atoms with E-state index >= 15 is 0 Å². The van der Waals surface area contributed by atoms with Crippen LogP contribution in [0.5, 0.6) is 5.75 Å². The van der Waals surface area contributed by atoms with Gasteiger partial charge in [-0.25, -0.2) is 9.69 Å². The first-order chi connectivity index (χ1) is 22.7. The molecule has 6 aromatic carbocycles. The molecular formula is C37H27N7O2. The van der Waals surface area contributed by atoms with Gasteiger partial charge in [0.05, 0.1) is 45.5 Å². The average Bonchev–Trinajstić information content (AvgIpc) is 3.12. The van der Waals surface area contributed by atoms with E-state index < -0.39 is 6.09 Å². The lowest BCUT2D eigenvalue weighted by Crippen LogP contribution is -2.29. The van der Waals surface area contributed by atoms with Gasteiger partial charge in [-0.3, -0.25) is 0 Å². The molecule has 0 spiro atoms. The summed E-state index contributed by atoms with van der Waals surface area (Å²) in [5, 5.41) is 25.7. The molecule has 222 valence electrons.